The molecule has 19 heavy (non-hydrogen) atoms. The van der Waals surface area contributed by atoms with Gasteiger partial charge in [-0.25, -0.2) is 0 Å². The van der Waals surface area contributed by atoms with Gasteiger partial charge in [0.1, 0.15) is 0 Å². The average molecular weight is 336 g/mol. The second kappa shape index (κ2) is 10.5. The van der Waals surface area contributed by atoms with Crippen molar-refractivity contribution in [3.63, 3.8) is 0 Å². The van der Waals surface area contributed by atoms with E-state index in [0.29, 0.717) is 0 Å². The lowest BCUT2D eigenvalue weighted by Gasteiger charge is -2.30. The Morgan fingerprint density at radius 1 is 0.842 bits per heavy atom. The van der Waals surface area contributed by atoms with Crippen LogP contribution in [-0.2, 0) is 12.3 Å². The number of hydrogen-bond donors (Lipinski definition) is 0. The van der Waals surface area contributed by atoms with Crippen LogP contribution in [0, 0.1) is 0 Å². The molecule has 0 bridgehead atoms. The van der Waals surface area contributed by atoms with Crippen LogP contribution in [0.15, 0.2) is 0 Å². The van der Waals surface area contributed by atoms with E-state index in [1.54, 1.807) is 0 Å². The van der Waals surface area contributed by atoms with Crippen molar-refractivity contribution in [1.29, 1.82) is 0 Å². The van der Waals surface area contributed by atoms with Gasteiger partial charge in [0.25, 0.3) is 0 Å². The van der Waals surface area contributed by atoms with E-state index in [9.17, 15) is 0 Å². The molecule has 0 atom stereocenters. The predicted octanol–water partition coefficient (Wildman–Crippen LogP) is 4.31. The fourth-order valence-electron chi connectivity index (χ4n) is 1.83. The van der Waals surface area contributed by atoms with E-state index in [-0.39, 0.29) is 0 Å². The molecule has 0 aromatic carbocycles. The summed E-state index contributed by atoms with van der Waals surface area (Å²) in [4.78, 5) is 0. The third-order valence-electron chi connectivity index (χ3n) is 2.36. The number of rotatable bonds is 11. The molecule has 0 saturated heterocycles. The van der Waals surface area contributed by atoms with E-state index in [1.807, 2.05) is 0 Å². The normalized spacial score (nSPS) is 12.9. The second-order valence-corrected chi connectivity index (χ2v) is 15.8. The Bertz CT molecular complexity index is 225. The molecule has 7 heteroatoms. The summed E-state index contributed by atoms with van der Waals surface area (Å²) in [5, 5.41) is 0. The van der Waals surface area contributed by atoms with Crippen LogP contribution in [-0.4, -0.2) is 35.9 Å². The van der Waals surface area contributed by atoms with Crippen LogP contribution in [0.4, 0.5) is 0 Å². The van der Waals surface area contributed by atoms with Crippen LogP contribution in [0.3, 0.4) is 0 Å². The van der Waals surface area contributed by atoms with Gasteiger partial charge in [-0.15, -0.1) is 0 Å². The second-order valence-electron chi connectivity index (χ2n) is 5.71. The van der Waals surface area contributed by atoms with Crippen molar-refractivity contribution < 1.29 is 12.3 Å². The van der Waals surface area contributed by atoms with E-state index in [0.717, 1.165) is 6.04 Å². The summed E-state index contributed by atoms with van der Waals surface area (Å²) in [5.74, 6) is 0. The highest BCUT2D eigenvalue weighted by Crippen LogP contribution is 2.16. The molecule has 0 saturated carbocycles. The van der Waals surface area contributed by atoms with Gasteiger partial charge in [0.15, 0.2) is 18.1 Å². The number of unbranched alkanes of at least 4 members (excludes halogenated alkanes) is 3. The highest BCUT2D eigenvalue weighted by Gasteiger charge is 2.32. The third kappa shape index (κ3) is 12.2. The van der Waals surface area contributed by atoms with Crippen molar-refractivity contribution in [3.05, 3.63) is 0 Å². The van der Waals surface area contributed by atoms with E-state index in [2.05, 4.69) is 46.2 Å². The molecule has 0 rings (SSSR count). The molecule has 0 amide bonds. The standard InChI is InChI=1S/C12H31O3Si4/c1-8-9-10-11-12-18(13-16(2)3)15-19(6,7)14-17(4)5/h8-12H2,1-7H3. The molecule has 0 spiro atoms. The van der Waals surface area contributed by atoms with Gasteiger partial charge < -0.3 is 12.3 Å². The maximum Gasteiger partial charge on any atom is 0.364 e. The highest BCUT2D eigenvalue weighted by molar-refractivity contribution is 6.78. The fraction of sp³-hybridized carbons (Fsp3) is 1.00. The van der Waals surface area contributed by atoms with E-state index in [1.165, 1.54) is 25.7 Å². The molecule has 0 aliphatic rings. The van der Waals surface area contributed by atoms with Crippen LogP contribution in [0.1, 0.15) is 32.6 Å². The van der Waals surface area contributed by atoms with Crippen molar-refractivity contribution in [2.75, 3.05) is 0 Å². The van der Waals surface area contributed by atoms with Gasteiger partial charge in [-0.1, -0.05) is 32.6 Å². The van der Waals surface area contributed by atoms with Gasteiger partial charge in [-0.05, 0) is 45.3 Å². The Kier molecular flexibility index (Phi) is 10.9. The first kappa shape index (κ1) is 19.7. The van der Waals surface area contributed by atoms with Crippen LogP contribution in [0.2, 0.25) is 45.3 Å². The van der Waals surface area contributed by atoms with Gasteiger partial charge in [0.05, 0.1) is 0 Å². The summed E-state index contributed by atoms with van der Waals surface area (Å²) in [6, 6.07) is 1.11. The minimum atomic E-state index is -1.98. The van der Waals surface area contributed by atoms with E-state index >= 15 is 0 Å². The molecule has 0 fully saturated rings. The fourth-order valence-corrected chi connectivity index (χ4v) is 12.2. The molecule has 0 N–H and O–H groups in total. The van der Waals surface area contributed by atoms with Gasteiger partial charge in [-0.2, -0.15) is 0 Å². The average Bonchev–Trinajstić information content (AvgIpc) is 2.20. The molecule has 113 valence electrons. The minimum Gasteiger partial charge on any atom is -0.437 e. The molecular formula is C12H31O3Si4. The quantitative estimate of drug-likeness (QED) is 0.416. The lowest BCUT2D eigenvalue weighted by molar-refractivity contribution is 0.353. The van der Waals surface area contributed by atoms with Crippen molar-refractivity contribution >= 4 is 35.9 Å². The first-order chi connectivity index (χ1) is 8.76. The molecule has 3 nitrogen and oxygen atoms in total. The maximum atomic E-state index is 6.29. The topological polar surface area (TPSA) is 27.7 Å². The smallest absolute Gasteiger partial charge is 0.364 e. The van der Waals surface area contributed by atoms with Crippen LogP contribution >= 0.6 is 0 Å². The van der Waals surface area contributed by atoms with Crippen molar-refractivity contribution in [2.24, 2.45) is 0 Å². The third-order valence-corrected chi connectivity index (χ3v) is 12.1. The summed E-state index contributed by atoms with van der Waals surface area (Å²) in [7, 11) is -4.48. The first-order valence-corrected chi connectivity index (χ1v) is 16.4. The maximum absolute atomic E-state index is 6.29. The Morgan fingerprint density at radius 2 is 1.47 bits per heavy atom. The van der Waals surface area contributed by atoms with Crippen LogP contribution in [0.5, 0.6) is 0 Å². The van der Waals surface area contributed by atoms with Gasteiger partial charge in [0.2, 0.25) is 0 Å². The zero-order chi connectivity index (χ0) is 14.9. The monoisotopic (exact) mass is 335 g/mol. The first-order valence-electron chi connectivity index (χ1n) is 7.29. The molecule has 0 heterocycles. The SMILES string of the molecule is CCCCCC[Si](O[Si](C)C)O[Si](C)(C)O[Si](C)C. The molecule has 3 radical (unpaired) electrons. The van der Waals surface area contributed by atoms with Gasteiger partial charge >= 0.3 is 17.8 Å². The molecule has 0 aromatic heterocycles. The summed E-state index contributed by atoms with van der Waals surface area (Å²) in [5.41, 5.74) is 0. The Balaban J connectivity index is 4.24. The summed E-state index contributed by atoms with van der Waals surface area (Å²) in [6.45, 7) is 15.3. The molecule has 0 unspecified atom stereocenters. The van der Waals surface area contributed by atoms with E-state index < -0.39 is 35.9 Å². The Labute approximate surface area is 126 Å². The van der Waals surface area contributed by atoms with Gasteiger partial charge in [0, 0.05) is 0 Å². The highest BCUT2D eigenvalue weighted by atomic mass is 28.5. The lowest BCUT2D eigenvalue weighted by Crippen LogP contribution is -2.46. The summed E-state index contributed by atoms with van der Waals surface area (Å²) < 4.78 is 18.4. The van der Waals surface area contributed by atoms with Crippen LogP contribution < -0.4 is 0 Å². The largest absolute Gasteiger partial charge is 0.437 e. The zero-order valence-corrected chi connectivity index (χ0v) is 17.8. The zero-order valence-electron chi connectivity index (χ0n) is 13.8. The molecular weight excluding hydrogens is 304 g/mol. The molecule has 0 aliphatic heterocycles. The van der Waals surface area contributed by atoms with Gasteiger partial charge in [-0.3, -0.25) is 0 Å². The molecule has 0 aliphatic carbocycles. The number of hydrogen-bond acceptors (Lipinski definition) is 3. The van der Waals surface area contributed by atoms with Crippen LogP contribution in [0.25, 0.3) is 0 Å². The Morgan fingerprint density at radius 3 is 1.95 bits per heavy atom. The van der Waals surface area contributed by atoms with Crippen molar-refractivity contribution in [3.8, 4) is 0 Å². The Hall–Kier alpha value is 0.748. The molecule has 0 aromatic rings. The predicted molar refractivity (Wildman–Crippen MR) is 90.4 cm³/mol. The minimum absolute atomic E-state index is 0.680. The lowest BCUT2D eigenvalue weighted by atomic mass is 10.2. The van der Waals surface area contributed by atoms with Crippen molar-refractivity contribution in [2.45, 2.75) is 77.9 Å². The van der Waals surface area contributed by atoms with E-state index in [4.69, 9.17) is 12.3 Å². The summed E-state index contributed by atoms with van der Waals surface area (Å²) in [6.07, 6.45) is 5.13. The van der Waals surface area contributed by atoms with Crippen molar-refractivity contribution in [1.82, 2.24) is 0 Å². The summed E-state index contributed by atoms with van der Waals surface area (Å²) >= 11 is 0.